The maximum absolute atomic E-state index is 9.91. The van der Waals surface area contributed by atoms with Crippen LogP contribution in [-0.2, 0) is 0 Å². The SMILES string of the molecule is C=C/C(O)=C\C(=C/C)[C@]12CCC[C@H](CCC1)C2CCCO. The minimum Gasteiger partial charge on any atom is -0.508 e. The molecule has 2 fully saturated rings. The van der Waals surface area contributed by atoms with Crippen molar-refractivity contribution in [3.63, 3.8) is 0 Å². The van der Waals surface area contributed by atoms with Crippen molar-refractivity contribution in [1.82, 2.24) is 0 Å². The quantitative estimate of drug-likeness (QED) is 0.538. The summed E-state index contributed by atoms with van der Waals surface area (Å²) in [7, 11) is 0. The Balaban J connectivity index is 2.34. The normalized spacial score (nSPS) is 33.8. The van der Waals surface area contributed by atoms with Gasteiger partial charge in [0, 0.05) is 6.61 Å². The molecule has 2 heteroatoms. The molecule has 2 nitrogen and oxygen atoms in total. The molecule has 21 heavy (non-hydrogen) atoms. The van der Waals surface area contributed by atoms with Gasteiger partial charge in [0.1, 0.15) is 5.76 Å². The Morgan fingerprint density at radius 1 is 1.29 bits per heavy atom. The second-order valence-electron chi connectivity index (χ2n) is 6.69. The minimum atomic E-state index is 0.210. The monoisotopic (exact) mass is 290 g/mol. The molecule has 0 aromatic carbocycles. The molecule has 118 valence electrons. The van der Waals surface area contributed by atoms with Gasteiger partial charge in [-0.25, -0.2) is 0 Å². The Labute approximate surface area is 129 Å². The molecule has 1 unspecified atom stereocenters. The Hall–Kier alpha value is -1.02. The molecule has 0 aliphatic heterocycles. The van der Waals surface area contributed by atoms with Crippen LogP contribution in [-0.4, -0.2) is 16.8 Å². The summed E-state index contributed by atoms with van der Waals surface area (Å²) in [6.07, 6.45) is 15.3. The largest absolute Gasteiger partial charge is 0.508 e. The van der Waals surface area contributed by atoms with E-state index < -0.39 is 0 Å². The van der Waals surface area contributed by atoms with E-state index in [4.69, 9.17) is 0 Å². The number of aliphatic hydroxyl groups excluding tert-OH is 2. The first-order chi connectivity index (χ1) is 10.2. The third-order valence-electron chi connectivity index (χ3n) is 5.75. The molecule has 0 amide bonds. The van der Waals surface area contributed by atoms with Gasteiger partial charge in [-0.2, -0.15) is 0 Å². The third-order valence-corrected chi connectivity index (χ3v) is 5.75. The second kappa shape index (κ2) is 7.31. The highest BCUT2D eigenvalue weighted by molar-refractivity contribution is 5.33. The Kier molecular flexibility index (Phi) is 5.69. The van der Waals surface area contributed by atoms with Gasteiger partial charge in [0.25, 0.3) is 0 Å². The van der Waals surface area contributed by atoms with Crippen LogP contribution >= 0.6 is 0 Å². The molecular weight excluding hydrogens is 260 g/mol. The molecule has 0 saturated heterocycles. The van der Waals surface area contributed by atoms with Crippen molar-refractivity contribution in [3.05, 3.63) is 36.1 Å². The van der Waals surface area contributed by atoms with E-state index in [1.54, 1.807) is 0 Å². The first-order valence-corrected chi connectivity index (χ1v) is 8.48. The highest BCUT2D eigenvalue weighted by Gasteiger charge is 2.48. The van der Waals surface area contributed by atoms with Crippen LogP contribution in [0.2, 0.25) is 0 Å². The van der Waals surface area contributed by atoms with Gasteiger partial charge < -0.3 is 10.2 Å². The van der Waals surface area contributed by atoms with Crippen LogP contribution in [0.4, 0.5) is 0 Å². The molecule has 0 heterocycles. The lowest BCUT2D eigenvalue weighted by Gasteiger charge is -2.53. The van der Waals surface area contributed by atoms with Crippen LogP contribution in [0.5, 0.6) is 0 Å². The van der Waals surface area contributed by atoms with E-state index in [1.807, 2.05) is 6.08 Å². The van der Waals surface area contributed by atoms with Crippen LogP contribution in [0.1, 0.15) is 58.3 Å². The van der Waals surface area contributed by atoms with Gasteiger partial charge >= 0.3 is 0 Å². The van der Waals surface area contributed by atoms with Crippen LogP contribution < -0.4 is 0 Å². The molecule has 2 saturated carbocycles. The first kappa shape index (κ1) is 16.4. The van der Waals surface area contributed by atoms with Crippen molar-refractivity contribution in [2.24, 2.45) is 17.3 Å². The summed E-state index contributed by atoms with van der Waals surface area (Å²) in [5.74, 6) is 1.73. The molecule has 0 aromatic rings. The number of rotatable bonds is 6. The fraction of sp³-hybridized carbons (Fsp3) is 0.684. The summed E-state index contributed by atoms with van der Waals surface area (Å²) >= 11 is 0. The third kappa shape index (κ3) is 3.26. The molecule has 1 atom stereocenters. The standard InChI is InChI=1S/C19H30O2/c1-3-16(14-17(21)4-2)19-11-5-8-15(9-6-12-19)18(19)10-7-13-20/h3-4,14-15,18,20-21H,2,5-13H2,1H3/b16-3+,17-14+/t15-,18?,19+. The topological polar surface area (TPSA) is 40.5 Å². The van der Waals surface area contributed by atoms with Crippen molar-refractivity contribution < 1.29 is 10.2 Å². The first-order valence-electron chi connectivity index (χ1n) is 8.48. The highest BCUT2D eigenvalue weighted by Crippen LogP contribution is 2.58. The van der Waals surface area contributed by atoms with Crippen LogP contribution in [0.15, 0.2) is 36.1 Å². The summed E-state index contributed by atoms with van der Waals surface area (Å²) in [4.78, 5) is 0. The summed E-state index contributed by atoms with van der Waals surface area (Å²) in [6.45, 7) is 6.03. The number of fused-ring (bicyclic) bond motifs is 2. The number of hydrogen-bond donors (Lipinski definition) is 2. The summed E-state index contributed by atoms with van der Waals surface area (Å²) in [5.41, 5.74) is 1.49. The van der Waals surface area contributed by atoms with Crippen molar-refractivity contribution in [2.75, 3.05) is 6.61 Å². The molecule has 2 N–H and O–H groups in total. The Bertz CT molecular complexity index is 409. The molecule has 2 rings (SSSR count). The van der Waals surface area contributed by atoms with E-state index in [1.165, 1.54) is 50.2 Å². The Morgan fingerprint density at radius 3 is 2.48 bits per heavy atom. The Morgan fingerprint density at radius 2 is 1.95 bits per heavy atom. The van der Waals surface area contributed by atoms with Crippen molar-refractivity contribution >= 4 is 0 Å². The second-order valence-corrected chi connectivity index (χ2v) is 6.69. The molecule has 2 aliphatic carbocycles. The van der Waals surface area contributed by atoms with Gasteiger partial charge in [-0.3, -0.25) is 0 Å². The zero-order valence-corrected chi connectivity index (χ0v) is 13.4. The molecule has 0 radical (unpaired) electrons. The van der Waals surface area contributed by atoms with E-state index in [0.717, 1.165) is 18.8 Å². The zero-order valence-electron chi connectivity index (χ0n) is 13.4. The van der Waals surface area contributed by atoms with Crippen LogP contribution in [0, 0.1) is 17.3 Å². The van der Waals surface area contributed by atoms with Crippen molar-refractivity contribution in [3.8, 4) is 0 Å². The van der Waals surface area contributed by atoms with E-state index in [-0.39, 0.29) is 17.8 Å². The van der Waals surface area contributed by atoms with Crippen LogP contribution in [0.25, 0.3) is 0 Å². The van der Waals surface area contributed by atoms with Crippen molar-refractivity contribution in [2.45, 2.75) is 58.3 Å². The molecule has 0 spiro atoms. The van der Waals surface area contributed by atoms with Gasteiger partial charge in [-0.1, -0.05) is 38.3 Å². The van der Waals surface area contributed by atoms with Gasteiger partial charge in [0.15, 0.2) is 0 Å². The van der Waals surface area contributed by atoms with E-state index in [9.17, 15) is 10.2 Å². The van der Waals surface area contributed by atoms with Crippen molar-refractivity contribution in [1.29, 1.82) is 0 Å². The van der Waals surface area contributed by atoms with E-state index in [2.05, 4.69) is 19.6 Å². The number of allylic oxidation sites excluding steroid dienone is 4. The van der Waals surface area contributed by atoms with Crippen LogP contribution in [0.3, 0.4) is 0 Å². The average molecular weight is 290 g/mol. The molecule has 2 bridgehead atoms. The summed E-state index contributed by atoms with van der Waals surface area (Å²) in [5, 5.41) is 19.2. The van der Waals surface area contributed by atoms with Gasteiger partial charge in [-0.05, 0) is 67.6 Å². The fourth-order valence-electron chi connectivity index (χ4n) is 4.91. The zero-order chi connectivity index (χ0) is 15.3. The lowest BCUT2D eigenvalue weighted by molar-refractivity contribution is 0.0148. The van der Waals surface area contributed by atoms with Gasteiger partial charge in [-0.15, -0.1) is 0 Å². The molecular formula is C19H30O2. The average Bonchev–Trinajstić information content (AvgIpc) is 2.49. The smallest absolute Gasteiger partial charge is 0.115 e. The maximum Gasteiger partial charge on any atom is 0.115 e. The van der Waals surface area contributed by atoms with E-state index in [0.29, 0.717) is 5.92 Å². The fourth-order valence-corrected chi connectivity index (χ4v) is 4.91. The summed E-state index contributed by atoms with van der Waals surface area (Å²) < 4.78 is 0. The lowest BCUT2D eigenvalue weighted by atomic mass is 9.51. The number of hydrogen-bond acceptors (Lipinski definition) is 2. The predicted octanol–water partition coefficient (Wildman–Crippen LogP) is 4.92. The lowest BCUT2D eigenvalue weighted by Crippen LogP contribution is -2.44. The van der Waals surface area contributed by atoms with Gasteiger partial charge in [0.05, 0.1) is 0 Å². The molecule has 2 aliphatic rings. The molecule has 0 aromatic heterocycles. The minimum absolute atomic E-state index is 0.210. The highest BCUT2D eigenvalue weighted by atomic mass is 16.3. The number of aliphatic hydroxyl groups is 2. The summed E-state index contributed by atoms with van der Waals surface area (Å²) in [6, 6.07) is 0. The van der Waals surface area contributed by atoms with Gasteiger partial charge in [0.2, 0.25) is 0 Å². The van der Waals surface area contributed by atoms with E-state index >= 15 is 0 Å². The predicted molar refractivity (Wildman–Crippen MR) is 88.1 cm³/mol. The maximum atomic E-state index is 9.91.